The van der Waals surface area contributed by atoms with Gasteiger partial charge < -0.3 is 10.2 Å². The summed E-state index contributed by atoms with van der Waals surface area (Å²) in [6.45, 7) is 8.26. The molecule has 0 unspecified atom stereocenters. The molecule has 4 aromatic carbocycles. The van der Waals surface area contributed by atoms with E-state index < -0.39 is 22.8 Å². The number of carbonyl (C=O) groups is 2. The molecule has 0 amide bonds. The van der Waals surface area contributed by atoms with E-state index in [2.05, 4.69) is 125 Å². The van der Waals surface area contributed by atoms with Crippen molar-refractivity contribution >= 4 is 11.9 Å². The standard InChI is InChI=1S/C44H54O4/c1-33-13-21-37(22-14-33)43(31-41(45)46,38-23-15-34(2)16-24-38)29-11-9-7-5-6-8-10-12-30-44(32-42(47)48,39-25-17-35(3)18-26-39)40-27-19-36(4)20-28-40/h13-28H,5-12,29-32H2,1-4H3,(H,45,46)(H,47,48). The molecule has 4 heteroatoms. The Morgan fingerprint density at radius 3 is 0.812 bits per heavy atom. The zero-order valence-corrected chi connectivity index (χ0v) is 29.4. The average molecular weight is 647 g/mol. The van der Waals surface area contributed by atoms with Crippen LogP contribution in [0.1, 0.15) is 122 Å². The Labute approximate surface area is 288 Å². The molecule has 48 heavy (non-hydrogen) atoms. The molecule has 0 heterocycles. The van der Waals surface area contributed by atoms with Gasteiger partial charge in [0.25, 0.3) is 0 Å². The number of aryl methyl sites for hydroxylation is 4. The summed E-state index contributed by atoms with van der Waals surface area (Å²) in [4.78, 5) is 24.5. The van der Waals surface area contributed by atoms with Crippen molar-refractivity contribution in [1.29, 1.82) is 0 Å². The number of carboxylic acids is 2. The van der Waals surface area contributed by atoms with E-state index >= 15 is 0 Å². The van der Waals surface area contributed by atoms with Gasteiger partial charge in [-0.15, -0.1) is 0 Å². The summed E-state index contributed by atoms with van der Waals surface area (Å²) in [6, 6.07) is 33.6. The summed E-state index contributed by atoms with van der Waals surface area (Å²) in [6.07, 6.45) is 10.4. The normalized spacial score (nSPS) is 11.8. The van der Waals surface area contributed by atoms with Gasteiger partial charge in [0.05, 0.1) is 12.8 Å². The Kier molecular flexibility index (Phi) is 13.2. The summed E-state index contributed by atoms with van der Waals surface area (Å²) in [5.41, 5.74) is 7.90. The van der Waals surface area contributed by atoms with Gasteiger partial charge in [-0.05, 0) is 62.8 Å². The van der Waals surface area contributed by atoms with Crippen LogP contribution in [0.25, 0.3) is 0 Å². The molecular formula is C44H54O4. The van der Waals surface area contributed by atoms with Gasteiger partial charge in [-0.2, -0.15) is 0 Å². The highest BCUT2D eigenvalue weighted by molar-refractivity contribution is 5.71. The highest BCUT2D eigenvalue weighted by atomic mass is 16.4. The molecule has 4 aromatic rings. The second-order valence-corrected chi connectivity index (χ2v) is 14.1. The van der Waals surface area contributed by atoms with Crippen LogP contribution in [0.2, 0.25) is 0 Å². The Morgan fingerprint density at radius 2 is 0.604 bits per heavy atom. The lowest BCUT2D eigenvalue weighted by molar-refractivity contribution is -0.139. The van der Waals surface area contributed by atoms with Gasteiger partial charge in [-0.3, -0.25) is 9.59 Å². The van der Waals surface area contributed by atoms with Crippen molar-refractivity contribution in [1.82, 2.24) is 0 Å². The predicted octanol–water partition coefficient (Wildman–Crippen LogP) is 11.0. The van der Waals surface area contributed by atoms with Crippen LogP contribution >= 0.6 is 0 Å². The van der Waals surface area contributed by atoms with Crippen molar-refractivity contribution in [2.75, 3.05) is 0 Å². The van der Waals surface area contributed by atoms with Crippen LogP contribution in [0.5, 0.6) is 0 Å². The van der Waals surface area contributed by atoms with E-state index in [1.54, 1.807) is 0 Å². The summed E-state index contributed by atoms with van der Waals surface area (Å²) in [5.74, 6) is -1.54. The number of hydrogen-bond acceptors (Lipinski definition) is 2. The van der Waals surface area contributed by atoms with E-state index in [1.807, 2.05) is 0 Å². The molecule has 0 spiro atoms. The van der Waals surface area contributed by atoms with Crippen LogP contribution in [-0.2, 0) is 20.4 Å². The van der Waals surface area contributed by atoms with E-state index in [0.717, 1.165) is 86.5 Å². The number of rotatable bonds is 19. The molecule has 0 aromatic heterocycles. The molecule has 2 N–H and O–H groups in total. The SMILES string of the molecule is Cc1ccc(C(CCCCCCCCCCC(CC(=O)O)(c2ccc(C)cc2)c2ccc(C)cc2)(CC(=O)O)c2ccc(C)cc2)cc1. The first-order chi connectivity index (χ1) is 23.0. The summed E-state index contributed by atoms with van der Waals surface area (Å²) in [5, 5.41) is 20.1. The number of benzene rings is 4. The van der Waals surface area contributed by atoms with Crippen molar-refractivity contribution in [3.05, 3.63) is 142 Å². The molecule has 254 valence electrons. The minimum absolute atomic E-state index is 0.0771. The number of carboxylic acid groups (broad SMARTS) is 2. The van der Waals surface area contributed by atoms with Crippen LogP contribution in [0.15, 0.2) is 97.1 Å². The molecule has 0 atom stereocenters. The maximum Gasteiger partial charge on any atom is 0.304 e. The zero-order valence-electron chi connectivity index (χ0n) is 29.4. The lowest BCUT2D eigenvalue weighted by Crippen LogP contribution is -2.31. The van der Waals surface area contributed by atoms with Gasteiger partial charge >= 0.3 is 11.9 Å². The summed E-state index contributed by atoms with van der Waals surface area (Å²) >= 11 is 0. The van der Waals surface area contributed by atoms with E-state index in [0.29, 0.717) is 0 Å². The van der Waals surface area contributed by atoms with Gasteiger partial charge in [0.15, 0.2) is 0 Å². The quantitative estimate of drug-likeness (QED) is 0.0994. The Hall–Kier alpha value is -4.18. The van der Waals surface area contributed by atoms with Gasteiger partial charge in [0.2, 0.25) is 0 Å². The first kappa shape index (κ1) is 36.7. The van der Waals surface area contributed by atoms with Crippen molar-refractivity contribution in [2.24, 2.45) is 0 Å². The highest BCUT2D eigenvalue weighted by Gasteiger charge is 2.37. The molecule has 0 saturated heterocycles. The van der Waals surface area contributed by atoms with Crippen molar-refractivity contribution < 1.29 is 19.8 Å². The number of hydrogen-bond donors (Lipinski definition) is 2. The fourth-order valence-electron chi connectivity index (χ4n) is 7.42. The first-order valence-electron chi connectivity index (χ1n) is 17.8. The Balaban J connectivity index is 1.33. The molecule has 0 radical (unpaired) electrons. The average Bonchev–Trinajstić information content (AvgIpc) is 3.05. The van der Waals surface area contributed by atoms with Gasteiger partial charge in [0.1, 0.15) is 0 Å². The molecule has 0 saturated carbocycles. The fraction of sp³-hybridized carbons (Fsp3) is 0.409. The highest BCUT2D eigenvalue weighted by Crippen LogP contribution is 2.42. The second kappa shape index (κ2) is 17.3. The van der Waals surface area contributed by atoms with Crippen molar-refractivity contribution in [2.45, 2.75) is 116 Å². The third kappa shape index (κ3) is 9.69. The lowest BCUT2D eigenvalue weighted by atomic mass is 9.68. The van der Waals surface area contributed by atoms with Crippen LogP contribution < -0.4 is 0 Å². The minimum Gasteiger partial charge on any atom is -0.481 e. The maximum absolute atomic E-state index is 12.2. The summed E-state index contributed by atoms with van der Waals surface area (Å²) in [7, 11) is 0. The largest absolute Gasteiger partial charge is 0.481 e. The first-order valence-corrected chi connectivity index (χ1v) is 17.8. The Morgan fingerprint density at radius 1 is 0.396 bits per heavy atom. The monoisotopic (exact) mass is 646 g/mol. The number of aliphatic carboxylic acids is 2. The molecular weight excluding hydrogens is 592 g/mol. The van der Waals surface area contributed by atoms with Crippen LogP contribution in [0.3, 0.4) is 0 Å². The molecule has 4 nitrogen and oxygen atoms in total. The summed E-state index contributed by atoms with van der Waals surface area (Å²) < 4.78 is 0. The number of unbranched alkanes of at least 4 members (excludes halogenated alkanes) is 7. The maximum atomic E-state index is 12.2. The van der Waals surface area contributed by atoms with Crippen molar-refractivity contribution in [3.63, 3.8) is 0 Å². The molecule has 0 aliphatic heterocycles. The fourth-order valence-corrected chi connectivity index (χ4v) is 7.42. The van der Waals surface area contributed by atoms with Gasteiger partial charge in [0, 0.05) is 10.8 Å². The van der Waals surface area contributed by atoms with Crippen LogP contribution in [-0.4, -0.2) is 22.2 Å². The third-order valence-electron chi connectivity index (χ3n) is 10.3. The molecule has 0 aliphatic rings. The minimum atomic E-state index is -0.770. The topological polar surface area (TPSA) is 74.6 Å². The van der Waals surface area contributed by atoms with Gasteiger partial charge in [-0.1, -0.05) is 171 Å². The molecule has 4 rings (SSSR count). The molecule has 0 bridgehead atoms. The zero-order chi connectivity index (χ0) is 34.6. The van der Waals surface area contributed by atoms with E-state index in [-0.39, 0.29) is 12.8 Å². The lowest BCUT2D eigenvalue weighted by Gasteiger charge is -2.34. The van der Waals surface area contributed by atoms with Gasteiger partial charge in [-0.25, -0.2) is 0 Å². The third-order valence-corrected chi connectivity index (χ3v) is 10.3. The smallest absolute Gasteiger partial charge is 0.304 e. The predicted molar refractivity (Wildman–Crippen MR) is 197 cm³/mol. The van der Waals surface area contributed by atoms with E-state index in [4.69, 9.17) is 0 Å². The van der Waals surface area contributed by atoms with Crippen molar-refractivity contribution in [3.8, 4) is 0 Å². The Bertz CT molecular complexity index is 1370. The second-order valence-electron chi connectivity index (χ2n) is 14.1. The van der Waals surface area contributed by atoms with Crippen LogP contribution in [0.4, 0.5) is 0 Å². The van der Waals surface area contributed by atoms with Crippen LogP contribution in [0, 0.1) is 27.7 Å². The molecule has 0 aliphatic carbocycles. The van der Waals surface area contributed by atoms with E-state index in [1.165, 1.54) is 22.3 Å². The van der Waals surface area contributed by atoms with E-state index in [9.17, 15) is 19.8 Å². The molecule has 0 fully saturated rings.